The quantitative estimate of drug-likeness (QED) is 0.811. The van der Waals surface area contributed by atoms with Crippen LogP contribution < -0.4 is 10.6 Å². The van der Waals surface area contributed by atoms with Crippen LogP contribution in [0.2, 0.25) is 0 Å². The van der Waals surface area contributed by atoms with Gasteiger partial charge in [-0.3, -0.25) is 0 Å². The number of nitrogens with two attached hydrogens (primary N) is 1. The normalized spacial score (nSPS) is 18.3. The molecule has 106 valence electrons. The Morgan fingerprint density at radius 3 is 2.74 bits per heavy atom. The Morgan fingerprint density at radius 2 is 2.11 bits per heavy atom. The lowest BCUT2D eigenvalue weighted by Crippen LogP contribution is -2.46. The van der Waals surface area contributed by atoms with E-state index < -0.39 is 5.60 Å². The molecule has 1 aromatic rings. The molecular formula is C13H22N4O2. The minimum atomic E-state index is -0.719. The molecule has 0 aromatic carbocycles. The fourth-order valence-electron chi connectivity index (χ4n) is 2.31. The first-order valence-corrected chi connectivity index (χ1v) is 6.58. The minimum Gasteiger partial charge on any atom is -0.388 e. The van der Waals surface area contributed by atoms with Gasteiger partial charge in [0.2, 0.25) is 5.95 Å². The Morgan fingerprint density at radius 1 is 1.42 bits per heavy atom. The Bertz CT molecular complexity index is 433. The van der Waals surface area contributed by atoms with Gasteiger partial charge in [-0.25, -0.2) is 9.97 Å². The molecule has 1 fully saturated rings. The number of aryl methyl sites for hydroxylation is 1. The van der Waals surface area contributed by atoms with Crippen molar-refractivity contribution in [2.75, 3.05) is 31.7 Å². The van der Waals surface area contributed by atoms with Crippen molar-refractivity contribution >= 4 is 5.95 Å². The largest absolute Gasteiger partial charge is 0.388 e. The standard InChI is InChI=1S/C13H22N4O2/c1-10-7-11(8-14)16-12(15-10)17(2)9-13(18)3-5-19-6-4-13/h7,18H,3-6,8-9,14H2,1-2H3. The van der Waals surface area contributed by atoms with Gasteiger partial charge in [0.15, 0.2) is 0 Å². The minimum absolute atomic E-state index is 0.391. The number of rotatable bonds is 4. The molecule has 0 radical (unpaired) electrons. The highest BCUT2D eigenvalue weighted by atomic mass is 16.5. The Hall–Kier alpha value is -1.24. The van der Waals surface area contributed by atoms with Crippen LogP contribution in [0.5, 0.6) is 0 Å². The van der Waals surface area contributed by atoms with Crippen molar-refractivity contribution in [1.29, 1.82) is 0 Å². The summed E-state index contributed by atoms with van der Waals surface area (Å²) in [5.74, 6) is 0.611. The van der Waals surface area contributed by atoms with E-state index in [0.29, 0.717) is 45.1 Å². The first-order valence-electron chi connectivity index (χ1n) is 6.58. The maximum Gasteiger partial charge on any atom is 0.225 e. The summed E-state index contributed by atoms with van der Waals surface area (Å²) in [7, 11) is 1.89. The molecule has 0 atom stereocenters. The van der Waals surface area contributed by atoms with Crippen LogP contribution >= 0.6 is 0 Å². The highest BCUT2D eigenvalue weighted by Crippen LogP contribution is 2.22. The summed E-state index contributed by atoms with van der Waals surface area (Å²) in [4.78, 5) is 10.7. The van der Waals surface area contributed by atoms with Gasteiger partial charge in [-0.1, -0.05) is 0 Å². The van der Waals surface area contributed by atoms with E-state index in [-0.39, 0.29) is 0 Å². The average molecular weight is 266 g/mol. The number of nitrogens with zero attached hydrogens (tertiary/aromatic N) is 3. The van der Waals surface area contributed by atoms with Crippen molar-refractivity contribution < 1.29 is 9.84 Å². The number of ether oxygens (including phenoxy) is 1. The third kappa shape index (κ3) is 3.62. The van der Waals surface area contributed by atoms with E-state index in [9.17, 15) is 5.11 Å². The molecule has 0 spiro atoms. The third-order valence-electron chi connectivity index (χ3n) is 3.40. The Labute approximate surface area is 113 Å². The van der Waals surface area contributed by atoms with Crippen LogP contribution in [0.3, 0.4) is 0 Å². The molecule has 1 aliphatic rings. The summed E-state index contributed by atoms with van der Waals surface area (Å²) in [6.07, 6.45) is 1.29. The monoisotopic (exact) mass is 266 g/mol. The van der Waals surface area contributed by atoms with E-state index in [0.717, 1.165) is 11.4 Å². The molecule has 6 heteroatoms. The fraction of sp³-hybridized carbons (Fsp3) is 0.692. The van der Waals surface area contributed by atoms with E-state index in [1.54, 1.807) is 0 Å². The van der Waals surface area contributed by atoms with Gasteiger partial charge in [-0.2, -0.15) is 0 Å². The molecule has 6 nitrogen and oxygen atoms in total. The van der Waals surface area contributed by atoms with Crippen LogP contribution in [0.1, 0.15) is 24.2 Å². The van der Waals surface area contributed by atoms with Crippen molar-refractivity contribution in [2.24, 2.45) is 5.73 Å². The second-order valence-corrected chi connectivity index (χ2v) is 5.20. The van der Waals surface area contributed by atoms with Crippen molar-refractivity contribution in [3.8, 4) is 0 Å². The van der Waals surface area contributed by atoms with Crippen LogP contribution in [0.15, 0.2) is 6.07 Å². The lowest BCUT2D eigenvalue weighted by atomic mass is 9.94. The van der Waals surface area contributed by atoms with E-state index in [4.69, 9.17) is 10.5 Å². The molecule has 1 saturated heterocycles. The summed E-state index contributed by atoms with van der Waals surface area (Å²) in [6.45, 7) is 4.02. The first-order chi connectivity index (χ1) is 9.02. The van der Waals surface area contributed by atoms with Crippen molar-refractivity contribution in [3.05, 3.63) is 17.5 Å². The summed E-state index contributed by atoms with van der Waals surface area (Å²) in [6, 6.07) is 1.88. The van der Waals surface area contributed by atoms with Crippen LogP contribution in [0.4, 0.5) is 5.95 Å². The van der Waals surface area contributed by atoms with Crippen molar-refractivity contribution in [2.45, 2.75) is 31.9 Å². The van der Waals surface area contributed by atoms with Gasteiger partial charge < -0.3 is 20.5 Å². The highest BCUT2D eigenvalue weighted by molar-refractivity contribution is 5.32. The molecule has 2 rings (SSSR count). The molecule has 0 bridgehead atoms. The second kappa shape index (κ2) is 5.81. The van der Waals surface area contributed by atoms with Crippen LogP contribution in [-0.4, -0.2) is 47.5 Å². The van der Waals surface area contributed by atoms with E-state index in [1.807, 2.05) is 24.9 Å². The average Bonchev–Trinajstić information content (AvgIpc) is 2.38. The molecule has 1 aliphatic heterocycles. The molecule has 3 N–H and O–H groups in total. The van der Waals surface area contributed by atoms with Crippen LogP contribution in [-0.2, 0) is 11.3 Å². The maximum atomic E-state index is 10.5. The number of likely N-dealkylation sites (N-methyl/N-ethyl adjacent to an activating group) is 1. The maximum absolute atomic E-state index is 10.5. The van der Waals surface area contributed by atoms with Gasteiger partial charge in [0.1, 0.15) is 0 Å². The molecule has 0 unspecified atom stereocenters. The van der Waals surface area contributed by atoms with Gasteiger partial charge in [0, 0.05) is 51.9 Å². The number of hydrogen-bond donors (Lipinski definition) is 2. The molecule has 19 heavy (non-hydrogen) atoms. The zero-order valence-corrected chi connectivity index (χ0v) is 11.6. The molecule has 2 heterocycles. The third-order valence-corrected chi connectivity index (χ3v) is 3.40. The Kier molecular flexibility index (Phi) is 4.34. The van der Waals surface area contributed by atoms with Gasteiger partial charge in [-0.15, -0.1) is 0 Å². The van der Waals surface area contributed by atoms with E-state index in [2.05, 4.69) is 9.97 Å². The van der Waals surface area contributed by atoms with Crippen molar-refractivity contribution in [1.82, 2.24) is 9.97 Å². The fourth-order valence-corrected chi connectivity index (χ4v) is 2.31. The SMILES string of the molecule is Cc1cc(CN)nc(N(C)CC2(O)CCOCC2)n1. The summed E-state index contributed by atoms with van der Waals surface area (Å²) >= 11 is 0. The van der Waals surface area contributed by atoms with E-state index >= 15 is 0 Å². The van der Waals surface area contributed by atoms with Crippen LogP contribution in [0, 0.1) is 6.92 Å². The zero-order chi connectivity index (χ0) is 13.9. The predicted octanol–water partition coefficient (Wildman–Crippen LogP) is 0.221. The van der Waals surface area contributed by atoms with Gasteiger partial charge in [0.25, 0.3) is 0 Å². The van der Waals surface area contributed by atoms with Crippen LogP contribution in [0.25, 0.3) is 0 Å². The smallest absolute Gasteiger partial charge is 0.225 e. The van der Waals surface area contributed by atoms with Gasteiger partial charge in [-0.05, 0) is 13.0 Å². The summed E-state index contributed by atoms with van der Waals surface area (Å²) in [5.41, 5.74) is 6.60. The lowest BCUT2D eigenvalue weighted by Gasteiger charge is -2.35. The summed E-state index contributed by atoms with van der Waals surface area (Å²) in [5, 5.41) is 10.5. The Balaban J connectivity index is 2.10. The number of hydrogen-bond acceptors (Lipinski definition) is 6. The number of aliphatic hydroxyl groups is 1. The first kappa shape index (κ1) is 14.2. The molecule has 0 saturated carbocycles. The van der Waals surface area contributed by atoms with Crippen molar-refractivity contribution in [3.63, 3.8) is 0 Å². The second-order valence-electron chi connectivity index (χ2n) is 5.20. The molecule has 0 amide bonds. The van der Waals surface area contributed by atoms with E-state index in [1.165, 1.54) is 0 Å². The van der Waals surface area contributed by atoms with Gasteiger partial charge >= 0.3 is 0 Å². The topological polar surface area (TPSA) is 84.5 Å². The predicted molar refractivity (Wildman–Crippen MR) is 72.9 cm³/mol. The molecule has 0 aliphatic carbocycles. The molecular weight excluding hydrogens is 244 g/mol. The number of aromatic nitrogens is 2. The lowest BCUT2D eigenvalue weighted by molar-refractivity contribution is -0.0574. The number of anilines is 1. The summed E-state index contributed by atoms with van der Waals surface area (Å²) < 4.78 is 5.28. The van der Waals surface area contributed by atoms with Gasteiger partial charge in [0.05, 0.1) is 11.3 Å². The molecule has 1 aromatic heterocycles. The zero-order valence-electron chi connectivity index (χ0n) is 11.6. The highest BCUT2D eigenvalue weighted by Gasteiger charge is 2.31.